The van der Waals surface area contributed by atoms with Crippen LogP contribution >= 0.6 is 0 Å². The van der Waals surface area contributed by atoms with Crippen molar-refractivity contribution in [3.63, 3.8) is 0 Å². The fraction of sp³-hybridized carbons (Fsp3) is 0.800. The maximum atomic E-state index is 11.5. The summed E-state index contributed by atoms with van der Waals surface area (Å²) in [6.45, 7) is 0.979. The number of nitrogens with zero attached hydrogens (tertiary/aromatic N) is 2. The highest BCUT2D eigenvalue weighted by Crippen LogP contribution is 1.95. The Morgan fingerprint density at radius 1 is 1.13 bits per heavy atom. The molecule has 5 heteroatoms. The van der Waals surface area contributed by atoms with Gasteiger partial charge in [0.2, 0.25) is 11.8 Å². The molecule has 5 nitrogen and oxygen atoms in total. The van der Waals surface area contributed by atoms with E-state index >= 15 is 0 Å². The summed E-state index contributed by atoms with van der Waals surface area (Å²) in [5, 5.41) is 2.98. The van der Waals surface area contributed by atoms with Gasteiger partial charge in [-0.05, 0) is 20.0 Å². The topological polar surface area (TPSA) is 52.7 Å². The second-order valence-electron chi connectivity index (χ2n) is 3.75. The van der Waals surface area contributed by atoms with Gasteiger partial charge in [0.1, 0.15) is 0 Å². The van der Waals surface area contributed by atoms with Gasteiger partial charge < -0.3 is 15.1 Å². The molecular weight excluding hydrogens is 194 g/mol. The van der Waals surface area contributed by atoms with Gasteiger partial charge >= 0.3 is 0 Å². The maximum absolute atomic E-state index is 11.5. The van der Waals surface area contributed by atoms with Gasteiger partial charge in [-0.25, -0.2) is 0 Å². The third kappa shape index (κ3) is 6.06. The molecule has 0 aliphatic heterocycles. The SMILES string of the molecule is CNCCCC(=O)N(C)CC(=O)N(C)C. The zero-order chi connectivity index (χ0) is 11.8. The minimum Gasteiger partial charge on any atom is -0.347 e. The molecule has 88 valence electrons. The molecule has 0 aliphatic carbocycles. The Bertz CT molecular complexity index is 217. The van der Waals surface area contributed by atoms with Gasteiger partial charge in [-0.3, -0.25) is 9.59 Å². The fourth-order valence-electron chi connectivity index (χ4n) is 1.04. The van der Waals surface area contributed by atoms with Crippen LogP contribution in [0.25, 0.3) is 0 Å². The molecule has 1 N–H and O–H groups in total. The van der Waals surface area contributed by atoms with E-state index < -0.39 is 0 Å². The smallest absolute Gasteiger partial charge is 0.241 e. The molecule has 0 rings (SSSR count). The summed E-state index contributed by atoms with van der Waals surface area (Å²) >= 11 is 0. The lowest BCUT2D eigenvalue weighted by Gasteiger charge is -2.19. The molecule has 0 unspecified atom stereocenters. The molecule has 0 aromatic carbocycles. The maximum Gasteiger partial charge on any atom is 0.241 e. The number of hydrogen-bond donors (Lipinski definition) is 1. The number of amides is 2. The Balaban J connectivity index is 3.83. The molecule has 0 aromatic rings. The molecule has 0 radical (unpaired) electrons. The van der Waals surface area contributed by atoms with Gasteiger partial charge in [-0.15, -0.1) is 0 Å². The molecule has 0 heterocycles. The van der Waals surface area contributed by atoms with Crippen molar-refractivity contribution < 1.29 is 9.59 Å². The number of nitrogens with one attached hydrogen (secondary N) is 1. The van der Waals surface area contributed by atoms with Crippen molar-refractivity contribution in [3.8, 4) is 0 Å². The highest BCUT2D eigenvalue weighted by Gasteiger charge is 2.13. The van der Waals surface area contributed by atoms with Crippen molar-refractivity contribution in [3.05, 3.63) is 0 Å². The zero-order valence-electron chi connectivity index (χ0n) is 10.0. The van der Waals surface area contributed by atoms with Crippen LogP contribution < -0.4 is 5.32 Å². The molecule has 0 aromatic heterocycles. The summed E-state index contributed by atoms with van der Waals surface area (Å²) < 4.78 is 0. The summed E-state index contributed by atoms with van der Waals surface area (Å²) in [5.41, 5.74) is 0. The van der Waals surface area contributed by atoms with Crippen molar-refractivity contribution in [1.82, 2.24) is 15.1 Å². The number of carbonyl (C=O) groups excluding carboxylic acids is 2. The molecule has 0 bridgehead atoms. The van der Waals surface area contributed by atoms with Crippen LogP contribution in [-0.4, -0.2) is 62.9 Å². The van der Waals surface area contributed by atoms with E-state index in [0.29, 0.717) is 6.42 Å². The second-order valence-corrected chi connectivity index (χ2v) is 3.75. The first-order valence-electron chi connectivity index (χ1n) is 5.07. The van der Waals surface area contributed by atoms with Crippen LogP contribution in [0.1, 0.15) is 12.8 Å². The van der Waals surface area contributed by atoms with E-state index in [4.69, 9.17) is 0 Å². The average molecular weight is 215 g/mol. The van der Waals surface area contributed by atoms with E-state index in [1.807, 2.05) is 7.05 Å². The molecule has 0 saturated carbocycles. The fourth-order valence-corrected chi connectivity index (χ4v) is 1.04. The van der Waals surface area contributed by atoms with E-state index in [1.165, 1.54) is 9.80 Å². The van der Waals surface area contributed by atoms with Crippen LogP contribution in [-0.2, 0) is 9.59 Å². The monoisotopic (exact) mass is 215 g/mol. The first-order valence-corrected chi connectivity index (χ1v) is 5.07. The first kappa shape index (κ1) is 13.9. The Kier molecular flexibility index (Phi) is 6.70. The van der Waals surface area contributed by atoms with Crippen LogP contribution in [0.15, 0.2) is 0 Å². The molecule has 0 saturated heterocycles. The molecule has 15 heavy (non-hydrogen) atoms. The molecule has 0 fully saturated rings. The van der Waals surface area contributed by atoms with Crippen LogP contribution in [0.4, 0.5) is 0 Å². The van der Waals surface area contributed by atoms with Crippen LogP contribution in [0.2, 0.25) is 0 Å². The minimum atomic E-state index is -0.0560. The summed E-state index contributed by atoms with van der Waals surface area (Å²) in [6.07, 6.45) is 1.29. The standard InChI is InChI=1S/C10H21N3O2/c1-11-7-5-6-9(14)13(4)8-10(15)12(2)3/h11H,5-8H2,1-4H3. The van der Waals surface area contributed by atoms with E-state index in [-0.39, 0.29) is 18.4 Å². The third-order valence-corrected chi connectivity index (χ3v) is 2.11. The van der Waals surface area contributed by atoms with Crippen molar-refractivity contribution in [2.45, 2.75) is 12.8 Å². The molecule has 2 amide bonds. The second kappa shape index (κ2) is 7.23. The Labute approximate surface area is 91.4 Å². The Hall–Kier alpha value is -1.10. The Morgan fingerprint density at radius 2 is 1.73 bits per heavy atom. The third-order valence-electron chi connectivity index (χ3n) is 2.11. The van der Waals surface area contributed by atoms with Crippen LogP contribution in [0.3, 0.4) is 0 Å². The lowest BCUT2D eigenvalue weighted by molar-refractivity contribution is -0.138. The summed E-state index contributed by atoms with van der Waals surface area (Å²) in [5.74, 6) is -0.0417. The molecule has 0 atom stereocenters. The lowest BCUT2D eigenvalue weighted by atomic mass is 10.3. The number of rotatable bonds is 6. The number of hydrogen-bond acceptors (Lipinski definition) is 3. The van der Waals surface area contributed by atoms with Crippen molar-refractivity contribution in [1.29, 1.82) is 0 Å². The van der Waals surface area contributed by atoms with Gasteiger partial charge in [0, 0.05) is 27.6 Å². The lowest BCUT2D eigenvalue weighted by Crippen LogP contribution is -2.37. The Morgan fingerprint density at radius 3 is 2.20 bits per heavy atom. The van der Waals surface area contributed by atoms with Crippen LogP contribution in [0.5, 0.6) is 0 Å². The normalized spacial score (nSPS) is 9.87. The van der Waals surface area contributed by atoms with Crippen molar-refractivity contribution in [2.75, 3.05) is 41.3 Å². The van der Waals surface area contributed by atoms with Crippen molar-refractivity contribution >= 4 is 11.8 Å². The summed E-state index contributed by atoms with van der Waals surface area (Å²) in [7, 11) is 6.87. The highest BCUT2D eigenvalue weighted by molar-refractivity contribution is 5.84. The largest absolute Gasteiger partial charge is 0.347 e. The van der Waals surface area contributed by atoms with E-state index in [1.54, 1.807) is 21.1 Å². The summed E-state index contributed by atoms with van der Waals surface area (Å²) in [6, 6.07) is 0. The highest BCUT2D eigenvalue weighted by atomic mass is 16.2. The average Bonchev–Trinajstić information content (AvgIpc) is 2.17. The van der Waals surface area contributed by atoms with E-state index in [9.17, 15) is 9.59 Å². The zero-order valence-corrected chi connectivity index (χ0v) is 10.0. The first-order chi connectivity index (χ1) is 6.99. The molecule has 0 spiro atoms. The predicted molar refractivity (Wildman–Crippen MR) is 59.5 cm³/mol. The van der Waals surface area contributed by atoms with Gasteiger partial charge in [-0.1, -0.05) is 0 Å². The van der Waals surface area contributed by atoms with Crippen molar-refractivity contribution in [2.24, 2.45) is 0 Å². The summed E-state index contributed by atoms with van der Waals surface area (Å²) in [4.78, 5) is 25.8. The van der Waals surface area contributed by atoms with Gasteiger partial charge in [0.05, 0.1) is 6.54 Å². The molecular formula is C10H21N3O2. The quantitative estimate of drug-likeness (QED) is 0.610. The minimum absolute atomic E-state index is 0.0143. The van der Waals surface area contributed by atoms with E-state index in [2.05, 4.69) is 5.32 Å². The molecule has 0 aliphatic rings. The van der Waals surface area contributed by atoms with Crippen LogP contribution in [0, 0.1) is 0 Å². The number of carbonyl (C=O) groups is 2. The number of likely N-dealkylation sites (N-methyl/N-ethyl adjacent to an activating group) is 2. The van der Waals surface area contributed by atoms with Gasteiger partial charge in [0.15, 0.2) is 0 Å². The van der Waals surface area contributed by atoms with Gasteiger partial charge in [-0.2, -0.15) is 0 Å². The van der Waals surface area contributed by atoms with Gasteiger partial charge in [0.25, 0.3) is 0 Å². The van der Waals surface area contributed by atoms with E-state index in [0.717, 1.165) is 13.0 Å². The predicted octanol–water partition coefficient (Wildman–Crippen LogP) is -0.467.